The topological polar surface area (TPSA) is 130 Å². The maximum atomic E-state index is 12.4. The lowest BCUT2D eigenvalue weighted by Crippen LogP contribution is -2.16. The van der Waals surface area contributed by atoms with Gasteiger partial charge in [0, 0.05) is 24.9 Å². The molecule has 0 saturated carbocycles. The first-order valence-corrected chi connectivity index (χ1v) is 7.60. The van der Waals surface area contributed by atoms with Crippen molar-refractivity contribution in [3.8, 4) is 5.75 Å². The number of nitrogens with one attached hydrogen (secondary N) is 1. The lowest BCUT2D eigenvalue weighted by Gasteiger charge is -2.15. The van der Waals surface area contributed by atoms with Crippen LogP contribution in [0.15, 0.2) is 23.1 Å². The van der Waals surface area contributed by atoms with Crippen molar-refractivity contribution in [2.24, 2.45) is 7.05 Å². The fraction of sp³-hybridized carbons (Fsp3) is 0.250. The maximum Gasteiger partial charge on any atom is 0.271 e. The highest BCUT2D eigenvalue weighted by Crippen LogP contribution is 2.29. The predicted octanol–water partition coefficient (Wildman–Crippen LogP) is 0.820. The van der Waals surface area contributed by atoms with Gasteiger partial charge in [0.15, 0.2) is 0 Å². The molecule has 2 aromatic rings. The molecule has 0 unspecified atom stereocenters. The van der Waals surface area contributed by atoms with Crippen LogP contribution >= 0.6 is 0 Å². The summed E-state index contributed by atoms with van der Waals surface area (Å²) in [4.78, 5) is 9.96. The molecule has 9 nitrogen and oxygen atoms in total. The van der Waals surface area contributed by atoms with Crippen molar-refractivity contribution in [3.05, 3.63) is 39.7 Å². The van der Waals surface area contributed by atoms with Crippen LogP contribution in [0.2, 0.25) is 0 Å². The molecule has 1 heterocycles. The zero-order chi connectivity index (χ0) is 16.7. The van der Waals surface area contributed by atoms with Gasteiger partial charge in [0.2, 0.25) is 0 Å². The molecule has 0 spiro atoms. The molecule has 10 heteroatoms. The largest absolute Gasteiger partial charge is 0.871 e. The number of rotatable bonds is 4. The molecule has 1 N–H and O–H groups in total. The number of non-ortho nitro benzene ring substituents is 1. The van der Waals surface area contributed by atoms with Crippen LogP contribution in [0.5, 0.6) is 5.75 Å². The van der Waals surface area contributed by atoms with E-state index in [2.05, 4.69) is 9.82 Å². The summed E-state index contributed by atoms with van der Waals surface area (Å²) in [5, 5.41) is 26.4. The zero-order valence-corrected chi connectivity index (χ0v) is 12.8. The van der Waals surface area contributed by atoms with Crippen LogP contribution < -0.4 is 9.83 Å². The molecule has 0 fully saturated rings. The molecule has 0 saturated heterocycles. The number of nitro benzene ring substituents is 1. The summed E-state index contributed by atoms with van der Waals surface area (Å²) in [5.74, 6) is -0.659. The first-order chi connectivity index (χ1) is 10.1. The van der Waals surface area contributed by atoms with E-state index >= 15 is 0 Å². The smallest absolute Gasteiger partial charge is 0.271 e. The minimum atomic E-state index is -4.07. The summed E-state index contributed by atoms with van der Waals surface area (Å²) in [6, 6.07) is 2.85. The molecule has 0 amide bonds. The average molecular weight is 325 g/mol. The second kappa shape index (κ2) is 5.30. The molecule has 22 heavy (non-hydrogen) atoms. The Labute approximate surface area is 126 Å². The van der Waals surface area contributed by atoms with Crippen molar-refractivity contribution >= 4 is 21.4 Å². The summed E-state index contributed by atoms with van der Waals surface area (Å²) in [7, 11) is -2.48. The van der Waals surface area contributed by atoms with E-state index in [1.54, 1.807) is 14.0 Å². The quantitative estimate of drug-likeness (QED) is 0.654. The Bertz CT molecular complexity index is 857. The second-order valence-electron chi connectivity index (χ2n) is 4.67. The Morgan fingerprint density at radius 3 is 2.45 bits per heavy atom. The highest BCUT2D eigenvalue weighted by molar-refractivity contribution is 7.92. The summed E-state index contributed by atoms with van der Waals surface area (Å²) in [5.41, 5.74) is -0.0953. The average Bonchev–Trinajstić information content (AvgIpc) is 2.65. The number of anilines is 1. The van der Waals surface area contributed by atoms with Crippen molar-refractivity contribution in [2.45, 2.75) is 18.7 Å². The summed E-state index contributed by atoms with van der Waals surface area (Å²) in [6.07, 6.45) is 0. The van der Waals surface area contributed by atoms with E-state index in [1.165, 1.54) is 11.6 Å². The molecule has 0 radical (unpaired) electrons. The third-order valence-electron chi connectivity index (χ3n) is 3.13. The second-order valence-corrected chi connectivity index (χ2v) is 6.29. The standard InChI is InChI=1S/C12H14N4O5S/c1-7-12(8(2)15(3)13-7)22(20,21)14-10-6-9(16(18)19)4-5-11(10)17/h4-6,14,17H,1-3H3/p-1. The van der Waals surface area contributed by atoms with Crippen LogP contribution in [0.3, 0.4) is 0 Å². The van der Waals surface area contributed by atoms with Crippen molar-refractivity contribution in [3.63, 3.8) is 0 Å². The number of benzene rings is 1. The van der Waals surface area contributed by atoms with Gasteiger partial charge in [-0.2, -0.15) is 5.10 Å². The first-order valence-electron chi connectivity index (χ1n) is 6.12. The number of aromatic nitrogens is 2. The van der Waals surface area contributed by atoms with Crippen molar-refractivity contribution < 1.29 is 18.4 Å². The fourth-order valence-corrected chi connectivity index (χ4v) is 3.55. The lowest BCUT2D eigenvalue weighted by molar-refractivity contribution is -0.385. The zero-order valence-electron chi connectivity index (χ0n) is 12.0. The Balaban J connectivity index is 2.49. The molecule has 118 valence electrons. The Hall–Kier alpha value is -2.62. The number of sulfonamides is 1. The molecule has 0 atom stereocenters. The highest BCUT2D eigenvalue weighted by Gasteiger charge is 2.24. The minimum absolute atomic E-state index is 0.0547. The van der Waals surface area contributed by atoms with Crippen molar-refractivity contribution in [1.82, 2.24) is 9.78 Å². The molecule has 2 rings (SSSR count). The van der Waals surface area contributed by atoms with Crippen LogP contribution in [0, 0.1) is 24.0 Å². The van der Waals surface area contributed by atoms with Gasteiger partial charge in [-0.1, -0.05) is 11.8 Å². The van der Waals surface area contributed by atoms with Crippen LogP contribution in [-0.2, 0) is 17.1 Å². The summed E-state index contributed by atoms with van der Waals surface area (Å²) >= 11 is 0. The summed E-state index contributed by atoms with van der Waals surface area (Å²) in [6.45, 7) is 3.09. The van der Waals surface area contributed by atoms with E-state index in [-0.39, 0.29) is 22.0 Å². The third kappa shape index (κ3) is 2.72. The van der Waals surface area contributed by atoms with Gasteiger partial charge in [0.25, 0.3) is 15.7 Å². The van der Waals surface area contributed by atoms with Crippen molar-refractivity contribution in [1.29, 1.82) is 0 Å². The number of nitro groups is 1. The summed E-state index contributed by atoms with van der Waals surface area (Å²) < 4.78 is 28.3. The molecule has 0 aliphatic heterocycles. The maximum absolute atomic E-state index is 12.4. The van der Waals surface area contributed by atoms with E-state index in [9.17, 15) is 23.6 Å². The van der Waals surface area contributed by atoms with Crippen LogP contribution in [0.25, 0.3) is 0 Å². The number of hydrogen-bond acceptors (Lipinski definition) is 6. The number of nitrogens with zero attached hydrogens (tertiary/aromatic N) is 3. The van der Waals surface area contributed by atoms with Gasteiger partial charge < -0.3 is 5.11 Å². The van der Waals surface area contributed by atoms with E-state index in [0.717, 1.165) is 18.2 Å². The first kappa shape index (κ1) is 15.8. The van der Waals surface area contributed by atoms with Gasteiger partial charge >= 0.3 is 0 Å². The van der Waals surface area contributed by atoms with Crippen LogP contribution in [0.4, 0.5) is 11.4 Å². The molecule has 0 aliphatic rings. The Morgan fingerprint density at radius 2 is 1.95 bits per heavy atom. The van der Waals surface area contributed by atoms with E-state index in [0.29, 0.717) is 5.69 Å². The fourth-order valence-electron chi connectivity index (χ4n) is 2.05. The van der Waals surface area contributed by atoms with Crippen molar-refractivity contribution in [2.75, 3.05) is 4.72 Å². The Kier molecular flexibility index (Phi) is 3.79. The van der Waals surface area contributed by atoms with Gasteiger partial charge in [0.05, 0.1) is 16.3 Å². The third-order valence-corrected chi connectivity index (χ3v) is 4.75. The van der Waals surface area contributed by atoms with E-state index < -0.39 is 20.7 Å². The predicted molar refractivity (Wildman–Crippen MR) is 76.0 cm³/mol. The van der Waals surface area contributed by atoms with Crippen LogP contribution in [-0.4, -0.2) is 23.1 Å². The van der Waals surface area contributed by atoms with Crippen LogP contribution in [0.1, 0.15) is 11.4 Å². The van der Waals surface area contributed by atoms with Gasteiger partial charge in [-0.25, -0.2) is 8.42 Å². The van der Waals surface area contributed by atoms with E-state index in [4.69, 9.17) is 0 Å². The molecule has 0 aliphatic carbocycles. The monoisotopic (exact) mass is 325 g/mol. The van der Waals surface area contributed by atoms with Gasteiger partial charge in [-0.05, 0) is 13.8 Å². The number of aryl methyl sites for hydroxylation is 2. The number of hydrogen-bond donors (Lipinski definition) is 1. The van der Waals surface area contributed by atoms with Gasteiger partial charge in [0.1, 0.15) is 4.90 Å². The minimum Gasteiger partial charge on any atom is -0.871 e. The van der Waals surface area contributed by atoms with Gasteiger partial charge in [-0.15, -0.1) is 0 Å². The molecule has 1 aromatic carbocycles. The molecule has 0 bridgehead atoms. The molecular weight excluding hydrogens is 312 g/mol. The Morgan fingerprint density at radius 1 is 1.32 bits per heavy atom. The van der Waals surface area contributed by atoms with Gasteiger partial charge in [-0.3, -0.25) is 19.5 Å². The lowest BCUT2D eigenvalue weighted by atomic mass is 10.2. The molecular formula is C12H13N4O5S-. The SMILES string of the molecule is Cc1nn(C)c(C)c1S(=O)(=O)Nc1cc([N+](=O)[O-])ccc1[O-]. The highest BCUT2D eigenvalue weighted by atomic mass is 32.2. The van der Waals surface area contributed by atoms with E-state index in [1.807, 2.05) is 0 Å². The normalized spacial score (nSPS) is 11.4. The molecule has 1 aromatic heterocycles.